The van der Waals surface area contributed by atoms with Crippen LogP contribution in [-0.2, 0) is 0 Å². The Morgan fingerprint density at radius 2 is 0.865 bits per heavy atom. The van der Waals surface area contributed by atoms with Crippen LogP contribution in [0.3, 0.4) is 0 Å². The van der Waals surface area contributed by atoms with Gasteiger partial charge in [-0.15, -0.1) is 0 Å². The molecule has 0 spiro atoms. The van der Waals surface area contributed by atoms with Gasteiger partial charge in [0.05, 0.1) is 17.1 Å². The van der Waals surface area contributed by atoms with Crippen LogP contribution in [0.15, 0.2) is 153 Å². The highest BCUT2D eigenvalue weighted by atomic mass is 16.6. The summed E-state index contributed by atoms with van der Waals surface area (Å²) in [7, 11) is 0. The number of anilines is 3. The molecule has 0 aliphatic carbocycles. The van der Waals surface area contributed by atoms with E-state index in [-0.39, 0.29) is 0 Å². The van der Waals surface area contributed by atoms with Crippen LogP contribution < -0.4 is 4.90 Å². The molecule has 0 saturated carbocycles. The van der Waals surface area contributed by atoms with Gasteiger partial charge in [0.25, 0.3) is 0 Å². The molecule has 244 valence electrons. The molecule has 0 unspecified atom stereocenters. The van der Waals surface area contributed by atoms with Gasteiger partial charge in [0, 0.05) is 11.1 Å². The van der Waals surface area contributed by atoms with Crippen molar-refractivity contribution in [1.82, 2.24) is 30.9 Å². The van der Waals surface area contributed by atoms with Crippen molar-refractivity contribution in [3.63, 3.8) is 0 Å². The van der Waals surface area contributed by atoms with Crippen molar-refractivity contribution in [3.05, 3.63) is 140 Å². The van der Waals surface area contributed by atoms with E-state index in [1.807, 2.05) is 59.5 Å². The van der Waals surface area contributed by atoms with Crippen LogP contribution in [0.25, 0.3) is 87.7 Å². The molecule has 0 atom stereocenters. The first-order valence-electron chi connectivity index (χ1n) is 16.7. The Labute approximate surface area is 293 Å². The first-order valence-corrected chi connectivity index (χ1v) is 16.7. The predicted molar refractivity (Wildman–Crippen MR) is 201 cm³/mol. The van der Waals surface area contributed by atoms with Gasteiger partial charge in [-0.1, -0.05) is 97.1 Å². The summed E-state index contributed by atoms with van der Waals surface area (Å²) in [6.07, 6.45) is 0. The second-order valence-electron chi connectivity index (χ2n) is 12.7. The fourth-order valence-corrected chi connectivity index (χ4v) is 7.61. The van der Waals surface area contributed by atoms with Crippen LogP contribution in [0.4, 0.5) is 17.1 Å². The lowest BCUT2D eigenvalue weighted by atomic mass is 9.91. The molecule has 0 aliphatic rings. The Morgan fingerprint density at radius 3 is 1.60 bits per heavy atom. The van der Waals surface area contributed by atoms with Gasteiger partial charge in [-0.2, -0.15) is 0 Å². The SMILES string of the molecule is c1ccc2c(-c3ccc(N(c4cccc5nonc45)c4ccc(-c5c6ccccc6cc6ccccc56)c5nonc45)c4nonc34)cccc2c1. The van der Waals surface area contributed by atoms with E-state index in [4.69, 9.17) is 13.9 Å². The average molecular weight is 674 g/mol. The highest BCUT2D eigenvalue weighted by molar-refractivity contribution is 6.18. The van der Waals surface area contributed by atoms with Crippen molar-refractivity contribution in [2.45, 2.75) is 0 Å². The number of hydrogen-bond donors (Lipinski definition) is 0. The van der Waals surface area contributed by atoms with Gasteiger partial charge in [0.15, 0.2) is 16.6 Å². The summed E-state index contributed by atoms with van der Waals surface area (Å²) in [6, 6.07) is 47.4. The third kappa shape index (κ3) is 4.12. The van der Waals surface area contributed by atoms with E-state index in [1.165, 1.54) is 0 Å². The van der Waals surface area contributed by atoms with E-state index in [9.17, 15) is 0 Å². The number of fused-ring (bicyclic) bond motifs is 6. The van der Waals surface area contributed by atoms with Crippen LogP contribution in [-0.4, -0.2) is 30.9 Å². The van der Waals surface area contributed by atoms with E-state index < -0.39 is 0 Å². The quantitative estimate of drug-likeness (QED) is 0.163. The van der Waals surface area contributed by atoms with Gasteiger partial charge >= 0.3 is 0 Å². The second kappa shape index (κ2) is 11.0. The Hall–Kier alpha value is -7.46. The van der Waals surface area contributed by atoms with E-state index in [0.717, 1.165) is 54.6 Å². The van der Waals surface area contributed by atoms with Crippen molar-refractivity contribution in [1.29, 1.82) is 0 Å². The topological polar surface area (TPSA) is 120 Å². The number of nitrogens with zero attached hydrogens (tertiary/aromatic N) is 7. The lowest BCUT2D eigenvalue weighted by molar-refractivity contribution is 0.315. The molecule has 0 aliphatic heterocycles. The summed E-state index contributed by atoms with van der Waals surface area (Å²) in [6.45, 7) is 0. The minimum Gasteiger partial charge on any atom is -0.303 e. The lowest BCUT2D eigenvalue weighted by Crippen LogP contribution is -2.12. The van der Waals surface area contributed by atoms with E-state index in [1.54, 1.807) is 0 Å². The highest BCUT2D eigenvalue weighted by Gasteiger charge is 2.28. The zero-order valence-electron chi connectivity index (χ0n) is 27.1. The maximum atomic E-state index is 5.56. The second-order valence-corrected chi connectivity index (χ2v) is 12.7. The maximum absolute atomic E-state index is 5.56. The van der Waals surface area contributed by atoms with Gasteiger partial charge < -0.3 is 4.90 Å². The van der Waals surface area contributed by atoms with Gasteiger partial charge in [-0.3, -0.25) is 0 Å². The Bertz CT molecular complexity index is 3120. The van der Waals surface area contributed by atoms with Gasteiger partial charge in [-0.25, -0.2) is 13.9 Å². The Balaban J connectivity index is 1.18. The fraction of sp³-hybridized carbons (Fsp3) is 0. The number of benzene rings is 8. The largest absolute Gasteiger partial charge is 0.303 e. The molecular weight excluding hydrogens is 651 g/mol. The Morgan fingerprint density at radius 1 is 0.346 bits per heavy atom. The van der Waals surface area contributed by atoms with Crippen molar-refractivity contribution in [3.8, 4) is 22.3 Å². The highest BCUT2D eigenvalue weighted by Crippen LogP contribution is 2.47. The van der Waals surface area contributed by atoms with Crippen LogP contribution in [0.2, 0.25) is 0 Å². The standard InChI is InChI=1S/C42H23N7O3/c1-4-13-27-24(9-1)12-7-16-30(27)31-19-21-35(41-38(31)44-51-47-41)49(34-18-8-17-33-40(34)46-50-43-33)36-22-20-32(39-42(36)48-52-45-39)37-28-14-5-2-10-25(28)23-26-11-3-6-15-29(26)37/h1-23H. The number of aromatic nitrogens is 6. The summed E-state index contributed by atoms with van der Waals surface area (Å²) in [5.74, 6) is 0. The van der Waals surface area contributed by atoms with Gasteiger partial charge in [0.2, 0.25) is 0 Å². The Kier molecular flexibility index (Phi) is 6.02. The fourth-order valence-electron chi connectivity index (χ4n) is 7.61. The molecule has 0 amide bonds. The van der Waals surface area contributed by atoms with Crippen LogP contribution in [0.5, 0.6) is 0 Å². The third-order valence-electron chi connectivity index (χ3n) is 9.90. The molecule has 11 rings (SSSR count). The molecule has 10 heteroatoms. The summed E-state index contributed by atoms with van der Waals surface area (Å²) in [5.41, 5.74) is 9.38. The predicted octanol–water partition coefficient (Wildman–Crippen LogP) is 10.6. The zero-order chi connectivity index (χ0) is 34.2. The van der Waals surface area contributed by atoms with Crippen molar-refractivity contribution in [2.24, 2.45) is 0 Å². The molecular formula is C42H23N7O3. The summed E-state index contributed by atoms with van der Waals surface area (Å²) in [5, 5.41) is 33.1. The molecule has 0 N–H and O–H groups in total. The minimum atomic E-state index is 0.547. The van der Waals surface area contributed by atoms with Crippen molar-refractivity contribution >= 4 is 82.5 Å². The van der Waals surface area contributed by atoms with E-state index >= 15 is 0 Å². The van der Waals surface area contributed by atoms with Crippen LogP contribution >= 0.6 is 0 Å². The van der Waals surface area contributed by atoms with Crippen molar-refractivity contribution in [2.75, 3.05) is 4.90 Å². The summed E-state index contributed by atoms with van der Waals surface area (Å²) in [4.78, 5) is 2.02. The molecule has 8 aromatic carbocycles. The minimum absolute atomic E-state index is 0.547. The normalized spacial score (nSPS) is 11.8. The smallest absolute Gasteiger partial charge is 0.159 e. The lowest BCUT2D eigenvalue weighted by Gasteiger charge is -2.26. The number of rotatable bonds is 5. The molecule has 0 radical (unpaired) electrons. The molecule has 0 fully saturated rings. The molecule has 0 bridgehead atoms. The molecule has 0 saturated heterocycles. The van der Waals surface area contributed by atoms with Gasteiger partial charge in [0.1, 0.15) is 16.6 Å². The first kappa shape index (κ1) is 28.4. The van der Waals surface area contributed by atoms with Crippen LogP contribution in [0, 0.1) is 0 Å². The van der Waals surface area contributed by atoms with Crippen LogP contribution in [0.1, 0.15) is 0 Å². The molecule has 3 heterocycles. The first-order chi connectivity index (χ1) is 25.8. The van der Waals surface area contributed by atoms with Gasteiger partial charge in [-0.05, 0) is 117 Å². The maximum Gasteiger partial charge on any atom is 0.159 e. The monoisotopic (exact) mass is 673 g/mol. The summed E-state index contributed by atoms with van der Waals surface area (Å²) < 4.78 is 16.3. The summed E-state index contributed by atoms with van der Waals surface area (Å²) >= 11 is 0. The third-order valence-corrected chi connectivity index (χ3v) is 9.90. The number of hydrogen-bond acceptors (Lipinski definition) is 10. The molecule has 3 aromatic heterocycles. The zero-order valence-corrected chi connectivity index (χ0v) is 27.1. The van der Waals surface area contributed by atoms with E-state index in [0.29, 0.717) is 50.2 Å². The molecule has 10 nitrogen and oxygen atoms in total. The molecule has 11 aromatic rings. The van der Waals surface area contributed by atoms with E-state index in [2.05, 4.69) is 116 Å². The molecule has 52 heavy (non-hydrogen) atoms. The van der Waals surface area contributed by atoms with Crippen molar-refractivity contribution < 1.29 is 13.9 Å². The average Bonchev–Trinajstić information content (AvgIpc) is 4.00.